The molecule has 41 heavy (non-hydrogen) atoms. The Kier molecular flexibility index (Phi) is 9.24. The molecule has 0 spiro atoms. The molecule has 1 atom stereocenters. The highest BCUT2D eigenvalue weighted by molar-refractivity contribution is 7.07. The van der Waals surface area contributed by atoms with Crippen molar-refractivity contribution in [3.63, 3.8) is 0 Å². The number of fused-ring (bicyclic) bond motifs is 1. The molecule has 1 aliphatic rings. The lowest BCUT2D eigenvalue weighted by Gasteiger charge is -2.25. The van der Waals surface area contributed by atoms with Gasteiger partial charge in [0.1, 0.15) is 12.4 Å². The number of esters is 2. The smallest absolute Gasteiger partial charge is 0.338 e. The molecule has 1 aromatic heterocycles. The van der Waals surface area contributed by atoms with Gasteiger partial charge in [-0.05, 0) is 54.3 Å². The second-order valence-electron chi connectivity index (χ2n) is 9.75. The zero-order chi connectivity index (χ0) is 29.7. The molecule has 4 rings (SSSR count). The van der Waals surface area contributed by atoms with Crippen LogP contribution >= 0.6 is 11.3 Å². The molecule has 0 saturated carbocycles. The molecule has 10 heteroatoms. The van der Waals surface area contributed by atoms with E-state index in [2.05, 4.69) is 11.6 Å². The van der Waals surface area contributed by atoms with Crippen molar-refractivity contribution in [1.29, 1.82) is 0 Å². The summed E-state index contributed by atoms with van der Waals surface area (Å²) < 4.78 is 23.9. The topological polar surface area (TPSA) is 105 Å². The van der Waals surface area contributed by atoms with Gasteiger partial charge in [-0.2, -0.15) is 0 Å². The molecule has 0 fully saturated rings. The predicted octanol–water partition coefficient (Wildman–Crippen LogP) is 3.93. The Morgan fingerprint density at radius 2 is 1.95 bits per heavy atom. The molecule has 0 aliphatic carbocycles. The van der Waals surface area contributed by atoms with Crippen molar-refractivity contribution in [3.8, 4) is 17.2 Å². The number of nitrogens with zero attached hydrogens (tertiary/aromatic N) is 2. The lowest BCUT2D eigenvalue weighted by Crippen LogP contribution is -2.40. The van der Waals surface area contributed by atoms with Crippen molar-refractivity contribution in [1.82, 2.24) is 4.57 Å². The summed E-state index contributed by atoms with van der Waals surface area (Å²) >= 11 is 1.22. The summed E-state index contributed by atoms with van der Waals surface area (Å²) in [5.74, 6) is 0.204. The molecular formula is C31H32N2O7S. The second kappa shape index (κ2) is 12.8. The van der Waals surface area contributed by atoms with Gasteiger partial charge in [0, 0.05) is 6.92 Å². The number of rotatable bonds is 10. The van der Waals surface area contributed by atoms with Gasteiger partial charge in [-0.25, -0.2) is 9.79 Å². The largest absolute Gasteiger partial charge is 0.493 e. The summed E-state index contributed by atoms with van der Waals surface area (Å²) in [6.45, 7) is 11.1. The Morgan fingerprint density at radius 3 is 2.63 bits per heavy atom. The molecule has 0 amide bonds. The first kappa shape index (κ1) is 29.5. The molecule has 9 nitrogen and oxygen atoms in total. The molecule has 3 aromatic rings. The molecule has 1 unspecified atom stereocenters. The van der Waals surface area contributed by atoms with Crippen LogP contribution in [0.4, 0.5) is 0 Å². The van der Waals surface area contributed by atoms with Crippen molar-refractivity contribution in [2.75, 3.05) is 20.3 Å². The van der Waals surface area contributed by atoms with Gasteiger partial charge in [-0.15, -0.1) is 0 Å². The standard InChI is InChI=1S/C31H32N2O7S/c1-7-13-38-23-10-8-9-21(14-23)15-26-29(35)33-28(22-11-12-24(40-20(5)34)25(16-22)37-6)27(19(4)32-31(33)41-26)30(36)39-17-18(2)3/h7-12,14-16,18,28H,1,13,17H2,2-6H3. The summed E-state index contributed by atoms with van der Waals surface area (Å²) in [5.41, 5.74) is 1.70. The Bertz CT molecular complexity index is 1700. The predicted molar refractivity (Wildman–Crippen MR) is 156 cm³/mol. The van der Waals surface area contributed by atoms with Crippen LogP contribution in [-0.4, -0.2) is 36.8 Å². The second-order valence-corrected chi connectivity index (χ2v) is 10.8. The van der Waals surface area contributed by atoms with Gasteiger partial charge < -0.3 is 18.9 Å². The molecule has 0 bridgehead atoms. The number of benzene rings is 2. The van der Waals surface area contributed by atoms with E-state index in [1.807, 2.05) is 38.1 Å². The van der Waals surface area contributed by atoms with E-state index in [4.69, 9.17) is 18.9 Å². The number of thiazole rings is 1. The number of methoxy groups -OCH3 is 1. The van der Waals surface area contributed by atoms with E-state index in [1.165, 1.54) is 29.9 Å². The molecule has 214 valence electrons. The van der Waals surface area contributed by atoms with Gasteiger partial charge in [-0.3, -0.25) is 14.2 Å². The average Bonchev–Trinajstić information content (AvgIpc) is 3.23. The SMILES string of the molecule is C=CCOc1cccc(C=c2sc3n(c2=O)C(c2ccc(OC(C)=O)c(OC)c2)C(C(=O)OCC(C)C)=C(C)N=3)c1. The van der Waals surface area contributed by atoms with Gasteiger partial charge in [0.05, 0.1) is 35.6 Å². The molecule has 2 heterocycles. The van der Waals surface area contributed by atoms with Gasteiger partial charge in [0.15, 0.2) is 16.3 Å². The van der Waals surface area contributed by atoms with Gasteiger partial charge in [0.2, 0.25) is 0 Å². The number of carbonyl (C=O) groups is 2. The third kappa shape index (κ3) is 6.66. The van der Waals surface area contributed by atoms with Crippen molar-refractivity contribution < 1.29 is 28.5 Å². The molecular weight excluding hydrogens is 544 g/mol. The lowest BCUT2D eigenvalue weighted by atomic mass is 9.95. The van der Waals surface area contributed by atoms with Crippen LogP contribution in [0.2, 0.25) is 0 Å². The van der Waals surface area contributed by atoms with Crippen LogP contribution in [0.1, 0.15) is 44.9 Å². The summed E-state index contributed by atoms with van der Waals surface area (Å²) in [7, 11) is 1.45. The highest BCUT2D eigenvalue weighted by atomic mass is 32.1. The number of carbonyl (C=O) groups excluding carboxylic acids is 2. The minimum absolute atomic E-state index is 0.119. The Morgan fingerprint density at radius 1 is 1.17 bits per heavy atom. The van der Waals surface area contributed by atoms with Gasteiger partial charge in [0.25, 0.3) is 5.56 Å². The van der Waals surface area contributed by atoms with Crippen LogP contribution < -0.4 is 29.1 Å². The van der Waals surface area contributed by atoms with Crippen LogP contribution in [0, 0.1) is 5.92 Å². The maximum absolute atomic E-state index is 13.9. The highest BCUT2D eigenvalue weighted by Crippen LogP contribution is 2.36. The number of ether oxygens (including phenoxy) is 4. The van der Waals surface area contributed by atoms with E-state index in [9.17, 15) is 14.4 Å². The minimum atomic E-state index is -0.851. The van der Waals surface area contributed by atoms with E-state index in [-0.39, 0.29) is 35.2 Å². The first-order valence-electron chi connectivity index (χ1n) is 13.0. The lowest BCUT2D eigenvalue weighted by molar-refractivity contribution is -0.140. The fourth-order valence-corrected chi connectivity index (χ4v) is 5.36. The molecule has 0 saturated heterocycles. The summed E-state index contributed by atoms with van der Waals surface area (Å²) in [6, 6.07) is 11.4. The average molecular weight is 577 g/mol. The summed E-state index contributed by atoms with van der Waals surface area (Å²) in [5, 5.41) is 0. The number of allylic oxidation sites excluding steroid dienone is 1. The first-order chi connectivity index (χ1) is 19.6. The molecule has 0 radical (unpaired) electrons. The molecule has 1 aliphatic heterocycles. The fourth-order valence-electron chi connectivity index (χ4n) is 4.31. The fraction of sp³-hybridized carbons (Fsp3) is 0.290. The third-order valence-electron chi connectivity index (χ3n) is 6.07. The zero-order valence-corrected chi connectivity index (χ0v) is 24.4. The van der Waals surface area contributed by atoms with Crippen molar-refractivity contribution in [3.05, 3.63) is 97.2 Å². The number of aromatic nitrogens is 1. The van der Waals surface area contributed by atoms with E-state index >= 15 is 0 Å². The normalized spacial score (nSPS) is 14.8. The third-order valence-corrected chi connectivity index (χ3v) is 7.05. The number of hydrogen-bond donors (Lipinski definition) is 0. The van der Waals surface area contributed by atoms with E-state index < -0.39 is 18.0 Å². The highest BCUT2D eigenvalue weighted by Gasteiger charge is 2.34. The Balaban J connectivity index is 1.89. The van der Waals surface area contributed by atoms with Crippen LogP contribution in [0.15, 0.2) is 76.2 Å². The van der Waals surface area contributed by atoms with Crippen LogP contribution in [0.3, 0.4) is 0 Å². The number of hydrogen-bond acceptors (Lipinski definition) is 9. The minimum Gasteiger partial charge on any atom is -0.493 e. The van der Waals surface area contributed by atoms with Crippen LogP contribution in [0.5, 0.6) is 17.2 Å². The maximum atomic E-state index is 13.9. The molecule has 0 N–H and O–H groups in total. The summed E-state index contributed by atoms with van der Waals surface area (Å²) in [6.07, 6.45) is 3.42. The van der Waals surface area contributed by atoms with Crippen LogP contribution in [0.25, 0.3) is 6.08 Å². The Labute approximate surface area is 241 Å². The zero-order valence-electron chi connectivity index (χ0n) is 23.6. The maximum Gasteiger partial charge on any atom is 0.338 e. The summed E-state index contributed by atoms with van der Waals surface area (Å²) in [4.78, 5) is 44.0. The monoisotopic (exact) mass is 576 g/mol. The first-order valence-corrected chi connectivity index (χ1v) is 13.8. The van der Waals surface area contributed by atoms with E-state index in [1.54, 1.807) is 37.3 Å². The van der Waals surface area contributed by atoms with E-state index in [0.717, 1.165) is 5.56 Å². The van der Waals surface area contributed by atoms with E-state index in [0.29, 0.717) is 33.0 Å². The quantitative estimate of drug-likeness (QED) is 0.205. The van der Waals surface area contributed by atoms with Crippen molar-refractivity contribution >= 4 is 29.4 Å². The van der Waals surface area contributed by atoms with Crippen molar-refractivity contribution in [2.45, 2.75) is 33.7 Å². The van der Waals surface area contributed by atoms with Crippen molar-refractivity contribution in [2.24, 2.45) is 10.9 Å². The van der Waals surface area contributed by atoms with Gasteiger partial charge in [-0.1, -0.05) is 56.0 Å². The Hall–Kier alpha value is -4.44. The van der Waals surface area contributed by atoms with Gasteiger partial charge >= 0.3 is 11.9 Å². The molecule has 2 aromatic carbocycles. The van der Waals surface area contributed by atoms with Crippen LogP contribution in [-0.2, 0) is 14.3 Å².